The highest BCUT2D eigenvalue weighted by molar-refractivity contribution is 5.75. The minimum atomic E-state index is -0.443. The van der Waals surface area contributed by atoms with Gasteiger partial charge in [0, 0.05) is 0 Å². The first-order valence-corrected chi connectivity index (χ1v) is 6.52. The summed E-state index contributed by atoms with van der Waals surface area (Å²) in [6.45, 7) is 10.1. The number of fused-ring (bicyclic) bond motifs is 1. The molecule has 0 amide bonds. The maximum atomic E-state index is 12.0. The van der Waals surface area contributed by atoms with E-state index in [2.05, 4.69) is 32.0 Å². The van der Waals surface area contributed by atoms with Gasteiger partial charge in [0.05, 0.1) is 5.41 Å². The monoisotopic (exact) mass is 246 g/mol. The number of hydrogen-bond acceptors (Lipinski definition) is 2. The second kappa shape index (κ2) is 4.11. The second-order valence-corrected chi connectivity index (χ2v) is 6.82. The van der Waals surface area contributed by atoms with Crippen molar-refractivity contribution >= 4 is 5.97 Å². The van der Waals surface area contributed by atoms with E-state index in [-0.39, 0.29) is 17.5 Å². The van der Waals surface area contributed by atoms with Gasteiger partial charge in [-0.25, -0.2) is 0 Å². The molecular formula is C16H22O2. The van der Waals surface area contributed by atoms with Crippen LogP contribution in [0.4, 0.5) is 0 Å². The Labute approximate surface area is 109 Å². The Bertz CT molecular complexity index is 466. The molecule has 0 radical (unpaired) electrons. The van der Waals surface area contributed by atoms with Crippen molar-refractivity contribution in [3.63, 3.8) is 0 Å². The lowest BCUT2D eigenvalue weighted by Crippen LogP contribution is -2.25. The van der Waals surface area contributed by atoms with Crippen LogP contribution in [0, 0.1) is 5.41 Å². The number of ether oxygens (including phenoxy) is 1. The number of rotatable bonds is 1. The van der Waals surface area contributed by atoms with E-state index in [1.165, 1.54) is 11.1 Å². The summed E-state index contributed by atoms with van der Waals surface area (Å²) in [6.07, 6.45) is 0.775. The Morgan fingerprint density at radius 1 is 1.28 bits per heavy atom. The van der Waals surface area contributed by atoms with Crippen LogP contribution in [0.15, 0.2) is 24.3 Å². The van der Waals surface area contributed by atoms with Crippen molar-refractivity contribution in [1.29, 1.82) is 0 Å². The van der Waals surface area contributed by atoms with Gasteiger partial charge in [0.1, 0.15) is 6.10 Å². The summed E-state index contributed by atoms with van der Waals surface area (Å²) in [5, 5.41) is 0. The quantitative estimate of drug-likeness (QED) is 0.700. The molecule has 2 heteroatoms. The van der Waals surface area contributed by atoms with Crippen molar-refractivity contribution in [2.45, 2.75) is 52.6 Å². The summed E-state index contributed by atoms with van der Waals surface area (Å²) in [4.78, 5) is 12.0. The minimum Gasteiger partial charge on any atom is -0.457 e. The number of carbonyl (C=O) groups is 1. The van der Waals surface area contributed by atoms with Crippen LogP contribution in [0.25, 0.3) is 0 Å². The molecule has 0 aliphatic heterocycles. The third-order valence-electron chi connectivity index (χ3n) is 3.59. The third kappa shape index (κ3) is 2.29. The first kappa shape index (κ1) is 13.1. The molecule has 0 heterocycles. The van der Waals surface area contributed by atoms with E-state index >= 15 is 0 Å². The SMILES string of the molecule is CC(C)(C)C(=O)OC1CC(C)(C)c2ccccc21. The molecule has 1 aromatic rings. The number of hydrogen-bond donors (Lipinski definition) is 0. The maximum Gasteiger partial charge on any atom is 0.311 e. The molecule has 2 rings (SSSR count). The highest BCUT2D eigenvalue weighted by Gasteiger charge is 2.39. The van der Waals surface area contributed by atoms with Crippen LogP contribution in [0.5, 0.6) is 0 Å². The average molecular weight is 246 g/mol. The fraction of sp³-hybridized carbons (Fsp3) is 0.562. The average Bonchev–Trinajstić information content (AvgIpc) is 2.50. The molecule has 1 aliphatic rings. The van der Waals surface area contributed by atoms with E-state index < -0.39 is 5.41 Å². The molecule has 0 fully saturated rings. The van der Waals surface area contributed by atoms with Gasteiger partial charge in [-0.2, -0.15) is 0 Å². The first-order valence-electron chi connectivity index (χ1n) is 6.52. The Morgan fingerprint density at radius 2 is 1.89 bits per heavy atom. The lowest BCUT2D eigenvalue weighted by molar-refractivity contribution is -0.159. The molecule has 1 atom stereocenters. The topological polar surface area (TPSA) is 26.3 Å². The molecule has 0 bridgehead atoms. The van der Waals surface area contributed by atoms with Crippen LogP contribution in [0.2, 0.25) is 0 Å². The summed E-state index contributed by atoms with van der Waals surface area (Å²) >= 11 is 0. The van der Waals surface area contributed by atoms with Gasteiger partial charge in [-0.05, 0) is 43.7 Å². The fourth-order valence-electron chi connectivity index (χ4n) is 2.49. The number of benzene rings is 1. The summed E-state index contributed by atoms with van der Waals surface area (Å²) in [5.41, 5.74) is 2.11. The number of esters is 1. The van der Waals surface area contributed by atoms with Crippen LogP contribution in [-0.4, -0.2) is 5.97 Å². The zero-order chi connectivity index (χ0) is 13.6. The van der Waals surface area contributed by atoms with E-state index in [1.807, 2.05) is 26.8 Å². The molecule has 0 aromatic heterocycles. The van der Waals surface area contributed by atoms with Crippen molar-refractivity contribution < 1.29 is 9.53 Å². The van der Waals surface area contributed by atoms with Gasteiger partial charge < -0.3 is 4.74 Å². The molecule has 1 unspecified atom stereocenters. The predicted octanol–water partition coefficient (Wildman–Crippen LogP) is 4.00. The van der Waals surface area contributed by atoms with Gasteiger partial charge in [0.2, 0.25) is 0 Å². The summed E-state index contributed by atoms with van der Waals surface area (Å²) in [6, 6.07) is 8.28. The minimum absolute atomic E-state index is 0.0828. The van der Waals surface area contributed by atoms with Crippen molar-refractivity contribution in [3.05, 3.63) is 35.4 Å². The Kier molecular flexibility index (Phi) is 3.00. The lowest BCUT2D eigenvalue weighted by atomic mass is 9.87. The van der Waals surface area contributed by atoms with Gasteiger partial charge in [-0.15, -0.1) is 0 Å². The Hall–Kier alpha value is -1.31. The largest absolute Gasteiger partial charge is 0.457 e. The van der Waals surface area contributed by atoms with Crippen LogP contribution < -0.4 is 0 Å². The Morgan fingerprint density at radius 3 is 2.50 bits per heavy atom. The molecule has 98 valence electrons. The van der Waals surface area contributed by atoms with E-state index in [0.717, 1.165) is 6.42 Å². The van der Waals surface area contributed by atoms with E-state index in [9.17, 15) is 4.79 Å². The molecule has 0 N–H and O–H groups in total. The van der Waals surface area contributed by atoms with Gasteiger partial charge in [-0.3, -0.25) is 4.79 Å². The van der Waals surface area contributed by atoms with Crippen LogP contribution >= 0.6 is 0 Å². The zero-order valence-corrected chi connectivity index (χ0v) is 11.9. The van der Waals surface area contributed by atoms with Crippen molar-refractivity contribution in [2.24, 2.45) is 5.41 Å². The van der Waals surface area contributed by atoms with Gasteiger partial charge >= 0.3 is 5.97 Å². The van der Waals surface area contributed by atoms with Crippen LogP contribution in [0.1, 0.15) is 58.3 Å². The first-order chi connectivity index (χ1) is 8.22. The smallest absolute Gasteiger partial charge is 0.311 e. The van der Waals surface area contributed by atoms with Crippen molar-refractivity contribution in [2.75, 3.05) is 0 Å². The molecule has 0 saturated heterocycles. The molecule has 18 heavy (non-hydrogen) atoms. The summed E-state index contributed by atoms with van der Waals surface area (Å²) in [5.74, 6) is -0.125. The lowest BCUT2D eigenvalue weighted by Gasteiger charge is -2.22. The molecule has 0 spiro atoms. The van der Waals surface area contributed by atoms with Crippen molar-refractivity contribution in [1.82, 2.24) is 0 Å². The predicted molar refractivity (Wildman–Crippen MR) is 72.4 cm³/mol. The second-order valence-electron chi connectivity index (χ2n) is 6.82. The van der Waals surface area contributed by atoms with Crippen LogP contribution in [-0.2, 0) is 14.9 Å². The van der Waals surface area contributed by atoms with Crippen molar-refractivity contribution in [3.8, 4) is 0 Å². The van der Waals surface area contributed by atoms with Gasteiger partial charge in [0.15, 0.2) is 0 Å². The molecular weight excluding hydrogens is 224 g/mol. The molecule has 2 nitrogen and oxygen atoms in total. The zero-order valence-electron chi connectivity index (χ0n) is 11.9. The normalized spacial score (nSPS) is 21.5. The molecule has 1 aromatic carbocycles. The maximum absolute atomic E-state index is 12.0. The summed E-state index contributed by atoms with van der Waals surface area (Å²) < 4.78 is 5.70. The van der Waals surface area contributed by atoms with Crippen LogP contribution in [0.3, 0.4) is 0 Å². The van der Waals surface area contributed by atoms with Gasteiger partial charge in [-0.1, -0.05) is 38.1 Å². The van der Waals surface area contributed by atoms with E-state index in [0.29, 0.717) is 0 Å². The van der Waals surface area contributed by atoms with Gasteiger partial charge in [0.25, 0.3) is 0 Å². The highest BCUT2D eigenvalue weighted by Crippen LogP contribution is 2.46. The molecule has 0 saturated carbocycles. The molecule has 1 aliphatic carbocycles. The fourth-order valence-corrected chi connectivity index (χ4v) is 2.49. The summed E-state index contributed by atoms with van der Waals surface area (Å²) in [7, 11) is 0. The standard InChI is InChI=1S/C16H22O2/c1-15(2,3)14(17)18-13-10-16(4,5)12-9-7-6-8-11(12)13/h6-9,13H,10H2,1-5H3. The number of carbonyl (C=O) groups excluding carboxylic acids is 1. The highest BCUT2D eigenvalue weighted by atomic mass is 16.5. The third-order valence-corrected chi connectivity index (χ3v) is 3.59. The van der Waals surface area contributed by atoms with E-state index in [1.54, 1.807) is 0 Å². The Balaban J connectivity index is 2.26. The van der Waals surface area contributed by atoms with E-state index in [4.69, 9.17) is 4.74 Å².